The minimum atomic E-state index is -2.91. The molecule has 0 unspecified atom stereocenters. The van der Waals surface area contributed by atoms with Crippen molar-refractivity contribution in [2.75, 3.05) is 18.1 Å². The third kappa shape index (κ3) is 2.52. The predicted molar refractivity (Wildman–Crippen MR) is 61.9 cm³/mol. The smallest absolute Gasteiger partial charge is 0.249 e. The summed E-state index contributed by atoms with van der Waals surface area (Å²) >= 11 is 0. The Bertz CT molecular complexity index is 424. The molecule has 2 rings (SSSR count). The highest BCUT2D eigenvalue weighted by Crippen LogP contribution is 2.52. The van der Waals surface area contributed by atoms with E-state index < -0.39 is 26.7 Å². The summed E-state index contributed by atoms with van der Waals surface area (Å²) < 4.78 is 48.0. The first-order chi connectivity index (χ1) is 7.60. The number of alkyl halides is 2. The van der Waals surface area contributed by atoms with Gasteiger partial charge in [0.2, 0.25) is 5.92 Å². The van der Waals surface area contributed by atoms with Crippen LogP contribution in [0, 0.1) is 5.41 Å². The van der Waals surface area contributed by atoms with Crippen molar-refractivity contribution in [2.45, 2.75) is 31.2 Å². The van der Waals surface area contributed by atoms with E-state index in [9.17, 15) is 17.2 Å². The molecule has 0 radical (unpaired) electrons. The van der Waals surface area contributed by atoms with Gasteiger partial charge in [0.15, 0.2) is 9.84 Å². The zero-order valence-electron chi connectivity index (χ0n) is 9.80. The molecule has 2 fully saturated rings. The lowest BCUT2D eigenvalue weighted by molar-refractivity contribution is -0.141. The van der Waals surface area contributed by atoms with Gasteiger partial charge in [-0.25, -0.2) is 17.2 Å². The van der Waals surface area contributed by atoms with Crippen LogP contribution in [0.1, 0.15) is 19.8 Å². The summed E-state index contributed by atoms with van der Waals surface area (Å²) in [7, 11) is -2.91. The first-order valence-electron chi connectivity index (χ1n) is 5.56. The molecular weight excluding hydrogens is 248 g/mol. The van der Waals surface area contributed by atoms with Gasteiger partial charge in [0, 0.05) is 30.3 Å². The van der Waals surface area contributed by atoms with Gasteiger partial charge in [0.05, 0.1) is 11.5 Å². The zero-order valence-corrected chi connectivity index (χ0v) is 10.6. The van der Waals surface area contributed by atoms with Gasteiger partial charge in [-0.2, -0.15) is 0 Å². The summed E-state index contributed by atoms with van der Waals surface area (Å²) in [6.45, 7) is 5.78. The predicted octanol–water partition coefficient (Wildman–Crippen LogP) is 1.36. The van der Waals surface area contributed by atoms with Crippen molar-refractivity contribution < 1.29 is 17.2 Å². The molecule has 1 heterocycles. The number of hydrogen-bond acceptors (Lipinski definition) is 3. The number of sulfone groups is 1. The normalized spacial score (nSPS) is 31.0. The molecule has 0 spiro atoms. The van der Waals surface area contributed by atoms with E-state index in [1.807, 2.05) is 6.92 Å². The Morgan fingerprint density at radius 1 is 1.35 bits per heavy atom. The molecule has 1 saturated carbocycles. The standard InChI is InChI=1S/C11H17F2NO2S/c1-3-10(4-11(12,13)5-10)6-14-9(2)7-17(15,16)8-9/h3,14H,1,4-8H2,2H3. The van der Waals surface area contributed by atoms with Crippen LogP contribution < -0.4 is 5.32 Å². The first kappa shape index (κ1) is 13.0. The van der Waals surface area contributed by atoms with Crippen LogP contribution >= 0.6 is 0 Å². The van der Waals surface area contributed by atoms with Crippen LogP contribution in [0.5, 0.6) is 0 Å². The van der Waals surface area contributed by atoms with Crippen molar-refractivity contribution in [2.24, 2.45) is 5.41 Å². The molecule has 1 aliphatic heterocycles. The third-order valence-corrected chi connectivity index (χ3v) is 5.75. The van der Waals surface area contributed by atoms with Crippen LogP contribution in [0.2, 0.25) is 0 Å². The van der Waals surface area contributed by atoms with E-state index in [0.717, 1.165) is 0 Å². The van der Waals surface area contributed by atoms with Crippen molar-refractivity contribution in [3.8, 4) is 0 Å². The molecule has 0 bridgehead atoms. The molecule has 0 aromatic carbocycles. The van der Waals surface area contributed by atoms with E-state index in [1.54, 1.807) is 6.08 Å². The van der Waals surface area contributed by atoms with Gasteiger partial charge in [0.25, 0.3) is 0 Å². The Morgan fingerprint density at radius 2 is 1.88 bits per heavy atom. The van der Waals surface area contributed by atoms with Gasteiger partial charge in [-0.1, -0.05) is 6.08 Å². The highest BCUT2D eigenvalue weighted by Gasteiger charge is 2.55. The molecule has 17 heavy (non-hydrogen) atoms. The second-order valence-electron chi connectivity index (χ2n) is 5.72. The first-order valence-corrected chi connectivity index (χ1v) is 7.39. The van der Waals surface area contributed by atoms with Crippen LogP contribution in [-0.4, -0.2) is 37.9 Å². The van der Waals surface area contributed by atoms with Gasteiger partial charge in [-0.15, -0.1) is 6.58 Å². The van der Waals surface area contributed by atoms with Gasteiger partial charge < -0.3 is 5.32 Å². The number of hydrogen-bond donors (Lipinski definition) is 1. The number of rotatable bonds is 4. The fourth-order valence-corrected chi connectivity index (χ4v) is 4.80. The number of nitrogens with one attached hydrogen (secondary N) is 1. The summed E-state index contributed by atoms with van der Waals surface area (Å²) in [5, 5.41) is 3.10. The second-order valence-corrected chi connectivity index (χ2v) is 7.79. The maximum atomic E-state index is 12.9. The van der Waals surface area contributed by atoms with E-state index >= 15 is 0 Å². The highest BCUT2D eigenvalue weighted by molar-refractivity contribution is 7.93. The molecule has 98 valence electrons. The molecule has 1 N–H and O–H groups in total. The Labute approximate surface area is 100 Å². The molecule has 1 saturated heterocycles. The van der Waals surface area contributed by atoms with Crippen molar-refractivity contribution in [1.29, 1.82) is 0 Å². The van der Waals surface area contributed by atoms with Crippen LogP contribution in [0.3, 0.4) is 0 Å². The van der Waals surface area contributed by atoms with Crippen LogP contribution in [0.4, 0.5) is 8.78 Å². The van der Waals surface area contributed by atoms with Gasteiger partial charge in [-0.3, -0.25) is 0 Å². The summed E-state index contributed by atoms with van der Waals surface area (Å²) in [5.41, 5.74) is -1.04. The summed E-state index contributed by atoms with van der Waals surface area (Å²) in [4.78, 5) is 0. The van der Waals surface area contributed by atoms with E-state index in [-0.39, 0.29) is 24.3 Å². The Morgan fingerprint density at radius 3 is 2.24 bits per heavy atom. The minimum Gasteiger partial charge on any atom is -0.309 e. The molecule has 0 amide bonds. The summed E-state index contributed by atoms with van der Waals surface area (Å²) in [5.74, 6) is -2.42. The molecule has 0 aromatic rings. The second kappa shape index (κ2) is 3.51. The molecule has 0 atom stereocenters. The van der Waals surface area contributed by atoms with Crippen molar-refractivity contribution in [3.05, 3.63) is 12.7 Å². The molecule has 2 aliphatic rings. The monoisotopic (exact) mass is 265 g/mol. The lowest BCUT2D eigenvalue weighted by atomic mass is 9.66. The van der Waals surface area contributed by atoms with E-state index in [4.69, 9.17) is 0 Å². The average molecular weight is 265 g/mol. The Hall–Kier alpha value is -0.490. The van der Waals surface area contributed by atoms with Crippen molar-refractivity contribution >= 4 is 9.84 Å². The maximum Gasteiger partial charge on any atom is 0.249 e. The quantitative estimate of drug-likeness (QED) is 0.781. The van der Waals surface area contributed by atoms with Crippen molar-refractivity contribution in [1.82, 2.24) is 5.32 Å². The third-order valence-electron chi connectivity index (χ3n) is 3.60. The fourth-order valence-electron chi connectivity index (χ4n) is 2.74. The summed E-state index contributed by atoms with van der Waals surface area (Å²) in [6, 6.07) is 0. The van der Waals surface area contributed by atoms with Gasteiger partial charge >= 0.3 is 0 Å². The zero-order chi connectivity index (χ0) is 12.9. The minimum absolute atomic E-state index is 0.0869. The fraction of sp³-hybridized carbons (Fsp3) is 0.818. The van der Waals surface area contributed by atoms with Gasteiger partial charge in [-0.05, 0) is 6.92 Å². The lowest BCUT2D eigenvalue weighted by Gasteiger charge is -2.48. The SMILES string of the molecule is C=CC1(CNC2(C)CS(=O)(=O)C2)CC(F)(F)C1. The molecule has 6 heteroatoms. The lowest BCUT2D eigenvalue weighted by Crippen LogP contribution is -2.65. The molecular formula is C11H17F2NO2S. The van der Waals surface area contributed by atoms with Gasteiger partial charge in [0.1, 0.15) is 0 Å². The van der Waals surface area contributed by atoms with Crippen LogP contribution in [-0.2, 0) is 9.84 Å². The molecule has 3 nitrogen and oxygen atoms in total. The topological polar surface area (TPSA) is 46.2 Å². The maximum absolute atomic E-state index is 12.9. The average Bonchev–Trinajstić information content (AvgIpc) is 2.07. The van der Waals surface area contributed by atoms with Crippen molar-refractivity contribution in [3.63, 3.8) is 0 Å². The van der Waals surface area contributed by atoms with Crippen LogP contribution in [0.25, 0.3) is 0 Å². The highest BCUT2D eigenvalue weighted by atomic mass is 32.2. The Kier molecular flexibility index (Phi) is 2.67. The van der Waals surface area contributed by atoms with Crippen LogP contribution in [0.15, 0.2) is 12.7 Å². The van der Waals surface area contributed by atoms with E-state index in [2.05, 4.69) is 11.9 Å². The van der Waals surface area contributed by atoms with E-state index in [0.29, 0.717) is 6.54 Å². The summed E-state index contributed by atoms with van der Waals surface area (Å²) in [6.07, 6.45) is 1.17. The number of halogens is 2. The molecule has 0 aromatic heterocycles. The Balaban J connectivity index is 1.89. The molecule has 1 aliphatic carbocycles. The van der Waals surface area contributed by atoms with E-state index in [1.165, 1.54) is 0 Å². The largest absolute Gasteiger partial charge is 0.309 e.